The molecule has 0 saturated heterocycles. The summed E-state index contributed by atoms with van der Waals surface area (Å²) in [7, 11) is 0. The van der Waals surface area contributed by atoms with Crippen molar-refractivity contribution >= 4 is 11.3 Å². The normalized spacial score (nSPS) is 8.26. The number of hydrogen-bond acceptors (Lipinski definition) is 9. The van der Waals surface area contributed by atoms with Crippen LogP contribution in [-0.2, 0) is 0 Å². The van der Waals surface area contributed by atoms with Crippen LogP contribution in [0.25, 0.3) is 0 Å². The van der Waals surface area contributed by atoms with Crippen LogP contribution in [0.2, 0.25) is 0 Å². The topological polar surface area (TPSA) is 135 Å². The third-order valence-corrected chi connectivity index (χ3v) is 2.30. The molecular weight excluding hydrogens is 597 g/mol. The summed E-state index contributed by atoms with van der Waals surface area (Å²) in [5.74, 6) is 4.17. The molecule has 0 saturated carbocycles. The lowest BCUT2D eigenvalue weighted by Gasteiger charge is -1.79. The molecule has 0 aromatic carbocycles. The minimum Gasteiger partial charge on any atom is -0.452 e. The van der Waals surface area contributed by atoms with Gasteiger partial charge in [-0.05, 0) is 41.7 Å². The predicted octanol–water partition coefficient (Wildman–Crippen LogP) is 11.7. The Kier molecular flexibility index (Phi) is 60.8. The van der Waals surface area contributed by atoms with Crippen molar-refractivity contribution in [3.8, 4) is 0 Å². The van der Waals surface area contributed by atoms with E-state index < -0.39 is 0 Å². The molecule has 10 nitrogen and oxygen atoms in total. The Balaban J connectivity index is -0.0000000967. The number of thiazole rings is 1. The van der Waals surface area contributed by atoms with Gasteiger partial charge in [0.25, 0.3) is 0 Å². The van der Waals surface area contributed by atoms with E-state index in [0.29, 0.717) is 0 Å². The zero-order chi connectivity index (χ0) is 35.6. The smallest absolute Gasteiger partial charge is 0.180 e. The van der Waals surface area contributed by atoms with Crippen molar-refractivity contribution in [2.45, 2.75) is 111 Å². The number of aromatic amines is 2. The second-order valence-corrected chi connectivity index (χ2v) is 12.9. The molecule has 0 spiro atoms. The first-order valence-corrected chi connectivity index (χ1v) is 16.3. The van der Waals surface area contributed by atoms with Crippen molar-refractivity contribution in [1.29, 1.82) is 0 Å². The average molecular weight is 667 g/mol. The van der Waals surface area contributed by atoms with E-state index in [-0.39, 0.29) is 7.43 Å². The molecule has 5 rings (SSSR count). The van der Waals surface area contributed by atoms with Gasteiger partial charge in [0, 0.05) is 24.0 Å². The highest BCUT2D eigenvalue weighted by Crippen LogP contribution is 1.86. The number of rotatable bonds is 0. The molecule has 2 N–H and O–H groups in total. The Bertz CT molecular complexity index is 654. The molecule has 5 aromatic rings. The van der Waals surface area contributed by atoms with Gasteiger partial charge in [0.15, 0.2) is 6.39 Å². The lowest BCUT2D eigenvalue weighted by atomic mass is 10.3. The summed E-state index contributed by atoms with van der Waals surface area (Å²) >= 11 is 1.60. The summed E-state index contributed by atoms with van der Waals surface area (Å²) in [4.78, 5) is 10.9. The van der Waals surface area contributed by atoms with Gasteiger partial charge in [-0.3, -0.25) is 15.2 Å². The zero-order valence-electron chi connectivity index (χ0n) is 30.9. The van der Waals surface area contributed by atoms with Crippen molar-refractivity contribution in [3.63, 3.8) is 0 Å². The fraction of sp³-hybridized carbons (Fsp3) is 0.600. The van der Waals surface area contributed by atoms with Crippen LogP contribution in [0.15, 0.2) is 94.5 Å². The molecule has 5 heterocycles. The van der Waals surface area contributed by atoms with Gasteiger partial charge in [0.2, 0.25) is 0 Å². The first-order chi connectivity index (χ1) is 21.2. The Morgan fingerprint density at radius 1 is 0.565 bits per heavy atom. The molecule has 5 aromatic heterocycles. The minimum absolute atomic E-state index is 0. The van der Waals surface area contributed by atoms with Crippen LogP contribution in [-0.4, -0.2) is 40.5 Å². The highest BCUT2D eigenvalue weighted by molar-refractivity contribution is 7.07. The summed E-state index contributed by atoms with van der Waals surface area (Å²) in [5.41, 5.74) is 1.79. The van der Waals surface area contributed by atoms with Crippen molar-refractivity contribution in [1.82, 2.24) is 40.5 Å². The molecule has 0 aliphatic carbocycles. The van der Waals surface area contributed by atoms with E-state index in [2.05, 4.69) is 153 Å². The van der Waals surface area contributed by atoms with Gasteiger partial charge in [-0.15, -0.1) is 11.3 Å². The van der Waals surface area contributed by atoms with Gasteiger partial charge in [0.1, 0.15) is 25.2 Å². The first kappa shape index (κ1) is 54.8. The van der Waals surface area contributed by atoms with Crippen LogP contribution < -0.4 is 0 Å². The molecule has 0 unspecified atom stereocenters. The van der Waals surface area contributed by atoms with Crippen LogP contribution in [0, 0.1) is 29.6 Å². The highest BCUT2D eigenvalue weighted by atomic mass is 32.1. The summed E-state index contributed by atoms with van der Waals surface area (Å²) < 4.78 is 8.81. The summed E-state index contributed by atoms with van der Waals surface area (Å²) in [6.45, 7) is 32.5. The molecule has 46 heavy (non-hydrogen) atoms. The van der Waals surface area contributed by atoms with Gasteiger partial charge >= 0.3 is 0 Å². The maximum absolute atomic E-state index is 4.47. The Morgan fingerprint density at radius 2 is 1.11 bits per heavy atom. The Hall–Kier alpha value is -3.60. The first-order valence-electron chi connectivity index (χ1n) is 15.4. The van der Waals surface area contributed by atoms with Crippen molar-refractivity contribution in [2.75, 3.05) is 0 Å². The predicted molar refractivity (Wildman–Crippen MR) is 199 cm³/mol. The molecule has 0 atom stereocenters. The lowest BCUT2D eigenvalue weighted by Crippen LogP contribution is -1.66. The van der Waals surface area contributed by atoms with Gasteiger partial charge in [-0.25, -0.2) is 9.97 Å². The van der Waals surface area contributed by atoms with Crippen molar-refractivity contribution in [3.05, 3.63) is 85.6 Å². The summed E-state index contributed by atoms with van der Waals surface area (Å²) in [6.07, 6.45) is 15.8. The Morgan fingerprint density at radius 3 is 1.22 bits per heavy atom. The zero-order valence-corrected chi connectivity index (χ0v) is 31.7. The fourth-order valence-electron chi connectivity index (χ4n) is 0.909. The number of oxazole rings is 1. The van der Waals surface area contributed by atoms with Gasteiger partial charge in [-0.2, -0.15) is 10.2 Å². The summed E-state index contributed by atoms with van der Waals surface area (Å²) in [5, 5.41) is 17.5. The van der Waals surface area contributed by atoms with Gasteiger partial charge < -0.3 is 8.94 Å². The van der Waals surface area contributed by atoms with E-state index in [4.69, 9.17) is 0 Å². The molecule has 0 aliphatic rings. The van der Waals surface area contributed by atoms with Crippen LogP contribution in [0.3, 0.4) is 0 Å². The maximum Gasteiger partial charge on any atom is 0.180 e. The SMILES string of the molecule is C.CC(C)C.CC(C)C.CC(C)C.CC(C)C.CC(C)C.c1cn[nH]c1.c1cnoc1.c1cocn1.c1cscn1.c1nc[nH]n1. The molecule has 0 amide bonds. The van der Waals surface area contributed by atoms with E-state index in [1.165, 1.54) is 31.6 Å². The lowest BCUT2D eigenvalue weighted by molar-refractivity contribution is 0.420. The Labute approximate surface area is 286 Å². The largest absolute Gasteiger partial charge is 0.452 e. The number of H-pyrrole nitrogens is 2. The number of nitrogens with zero attached hydrogens (tertiary/aromatic N) is 6. The standard InChI is InChI=1S/5C4H10.C3H4N2.2C3H3NO.C3H3NS.C2H3N3.CH4/c5*1-4(2)3;1-2-4-5-3-1;1-2-5-3-4-1;1-2-4-5-3-1;1-2-5-3-4-1;1-3-2-5-4-1;/h5*4H,1-3H3;1-3H,(H,4,5);3*1-3H;1-2H,(H,3,4,5);1H4. The van der Waals surface area contributed by atoms with Crippen molar-refractivity contribution in [2.24, 2.45) is 29.6 Å². The molecule has 0 fully saturated rings. The van der Waals surface area contributed by atoms with E-state index in [0.717, 1.165) is 29.6 Å². The van der Waals surface area contributed by atoms with E-state index in [1.807, 2.05) is 11.4 Å². The third kappa shape index (κ3) is 137. The minimum atomic E-state index is 0. The fourth-order valence-corrected chi connectivity index (χ4v) is 1.26. The maximum atomic E-state index is 4.47. The van der Waals surface area contributed by atoms with Crippen LogP contribution in [0.5, 0.6) is 0 Å². The molecule has 0 aliphatic heterocycles. The van der Waals surface area contributed by atoms with Gasteiger partial charge in [-0.1, -0.05) is 116 Å². The average Bonchev–Trinajstić information content (AvgIpc) is 3.78. The molecule has 268 valence electrons. The van der Waals surface area contributed by atoms with Crippen LogP contribution >= 0.6 is 11.3 Å². The molecule has 0 radical (unpaired) electrons. The monoisotopic (exact) mass is 667 g/mol. The quantitative estimate of drug-likeness (QED) is 0.167. The van der Waals surface area contributed by atoms with Crippen molar-refractivity contribution < 1.29 is 8.94 Å². The highest BCUT2D eigenvalue weighted by Gasteiger charge is 1.70. The second-order valence-electron chi connectivity index (χ2n) is 12.1. The third-order valence-electron chi connectivity index (χ3n) is 1.78. The van der Waals surface area contributed by atoms with Gasteiger partial charge in [0.05, 0.1) is 17.9 Å². The molecule has 0 bridgehead atoms. The number of hydrogen-bond donors (Lipinski definition) is 2. The van der Waals surface area contributed by atoms with E-state index >= 15 is 0 Å². The number of nitrogens with one attached hydrogen (secondary N) is 2. The van der Waals surface area contributed by atoms with Crippen LogP contribution in [0.1, 0.15) is 111 Å². The number of aromatic nitrogens is 8. The van der Waals surface area contributed by atoms with Crippen LogP contribution in [0.4, 0.5) is 0 Å². The molecule has 11 heteroatoms. The summed E-state index contributed by atoms with van der Waals surface area (Å²) in [6, 6.07) is 3.56. The molecular formula is C35H70N8O2S. The second kappa shape index (κ2) is 51.0. The van der Waals surface area contributed by atoms with E-state index in [9.17, 15) is 0 Å². The van der Waals surface area contributed by atoms with E-state index in [1.54, 1.807) is 53.9 Å².